The zero-order chi connectivity index (χ0) is 12.0. The molecule has 0 aliphatic heterocycles. The van der Waals surface area contributed by atoms with Crippen molar-refractivity contribution in [2.24, 2.45) is 5.73 Å². The predicted octanol–water partition coefficient (Wildman–Crippen LogP) is 3.68. The largest absolute Gasteiger partial charge is 0.399 e. The molecule has 0 aromatic heterocycles. The molecule has 16 heavy (non-hydrogen) atoms. The SMILES string of the molecule is C=C(N)/C=C(\C=C/C)c1ccc(CC)cc1. The molecule has 1 aromatic rings. The van der Waals surface area contributed by atoms with Gasteiger partial charge < -0.3 is 5.73 Å². The van der Waals surface area contributed by atoms with Gasteiger partial charge in [-0.1, -0.05) is 49.9 Å². The van der Waals surface area contributed by atoms with Crippen molar-refractivity contribution >= 4 is 5.57 Å². The summed E-state index contributed by atoms with van der Waals surface area (Å²) in [7, 11) is 0. The highest BCUT2D eigenvalue weighted by Crippen LogP contribution is 2.18. The summed E-state index contributed by atoms with van der Waals surface area (Å²) in [5, 5.41) is 0. The zero-order valence-corrected chi connectivity index (χ0v) is 10.0. The van der Waals surface area contributed by atoms with E-state index < -0.39 is 0 Å². The molecule has 0 heterocycles. The van der Waals surface area contributed by atoms with E-state index in [1.807, 2.05) is 25.2 Å². The van der Waals surface area contributed by atoms with Gasteiger partial charge in [0.2, 0.25) is 0 Å². The maximum absolute atomic E-state index is 5.61. The van der Waals surface area contributed by atoms with Crippen LogP contribution in [0.5, 0.6) is 0 Å². The quantitative estimate of drug-likeness (QED) is 0.759. The standard InChI is InChI=1S/C15H19N/c1-4-6-15(11-12(3)16)14-9-7-13(5-2)8-10-14/h4,6-11H,3,5,16H2,1-2H3/b6-4-,15-11+. The Morgan fingerprint density at radius 1 is 1.31 bits per heavy atom. The van der Waals surface area contributed by atoms with Crippen LogP contribution in [0.2, 0.25) is 0 Å². The molecule has 1 aromatic carbocycles. The molecule has 0 bridgehead atoms. The highest BCUT2D eigenvalue weighted by Gasteiger charge is 1.98. The lowest BCUT2D eigenvalue weighted by Gasteiger charge is -2.04. The number of rotatable bonds is 4. The van der Waals surface area contributed by atoms with Crippen LogP contribution in [0.15, 0.2) is 54.8 Å². The molecule has 0 saturated heterocycles. The Labute approximate surface area is 98.0 Å². The summed E-state index contributed by atoms with van der Waals surface area (Å²) in [4.78, 5) is 0. The second-order valence-corrected chi connectivity index (χ2v) is 3.73. The van der Waals surface area contributed by atoms with Crippen LogP contribution in [0.1, 0.15) is 25.0 Å². The van der Waals surface area contributed by atoms with E-state index in [1.165, 1.54) is 11.1 Å². The Morgan fingerprint density at radius 3 is 2.38 bits per heavy atom. The Balaban J connectivity index is 3.06. The Hall–Kier alpha value is -1.76. The normalized spacial score (nSPS) is 12.0. The van der Waals surface area contributed by atoms with Crippen LogP contribution in [0.25, 0.3) is 5.57 Å². The summed E-state index contributed by atoms with van der Waals surface area (Å²) in [5.41, 5.74) is 9.80. The van der Waals surface area contributed by atoms with Gasteiger partial charge in [-0.25, -0.2) is 0 Å². The van der Waals surface area contributed by atoms with Gasteiger partial charge >= 0.3 is 0 Å². The predicted molar refractivity (Wildman–Crippen MR) is 71.9 cm³/mol. The third kappa shape index (κ3) is 3.43. The molecule has 0 atom stereocenters. The van der Waals surface area contributed by atoms with Gasteiger partial charge in [-0.05, 0) is 36.1 Å². The zero-order valence-electron chi connectivity index (χ0n) is 10.0. The van der Waals surface area contributed by atoms with Crippen molar-refractivity contribution < 1.29 is 0 Å². The van der Waals surface area contributed by atoms with Gasteiger partial charge in [-0.15, -0.1) is 0 Å². The Morgan fingerprint density at radius 2 is 1.94 bits per heavy atom. The van der Waals surface area contributed by atoms with Crippen molar-refractivity contribution in [2.45, 2.75) is 20.3 Å². The van der Waals surface area contributed by atoms with Crippen LogP contribution in [0.4, 0.5) is 0 Å². The van der Waals surface area contributed by atoms with Crippen molar-refractivity contribution in [3.63, 3.8) is 0 Å². The summed E-state index contributed by atoms with van der Waals surface area (Å²) >= 11 is 0. The van der Waals surface area contributed by atoms with Crippen LogP contribution >= 0.6 is 0 Å². The Bertz CT molecular complexity index is 408. The third-order valence-electron chi connectivity index (χ3n) is 2.38. The summed E-state index contributed by atoms with van der Waals surface area (Å²) in [6.45, 7) is 7.85. The molecule has 0 radical (unpaired) electrons. The first-order chi connectivity index (χ1) is 7.67. The van der Waals surface area contributed by atoms with E-state index >= 15 is 0 Å². The van der Waals surface area contributed by atoms with E-state index in [-0.39, 0.29) is 0 Å². The molecule has 84 valence electrons. The van der Waals surface area contributed by atoms with E-state index in [0.29, 0.717) is 5.70 Å². The molecule has 0 unspecified atom stereocenters. The number of hydrogen-bond donors (Lipinski definition) is 1. The van der Waals surface area contributed by atoms with Crippen molar-refractivity contribution in [3.05, 3.63) is 65.9 Å². The van der Waals surface area contributed by atoms with Crippen molar-refractivity contribution in [1.82, 2.24) is 0 Å². The smallest absolute Gasteiger partial charge is 0.0247 e. The molecular formula is C15H19N. The lowest BCUT2D eigenvalue weighted by Crippen LogP contribution is -1.92. The highest BCUT2D eigenvalue weighted by molar-refractivity contribution is 5.75. The maximum atomic E-state index is 5.61. The number of aryl methyl sites for hydroxylation is 1. The van der Waals surface area contributed by atoms with E-state index in [9.17, 15) is 0 Å². The van der Waals surface area contributed by atoms with E-state index in [4.69, 9.17) is 5.73 Å². The number of hydrogen-bond acceptors (Lipinski definition) is 1. The Kier molecular flexibility index (Phi) is 4.59. The topological polar surface area (TPSA) is 26.0 Å². The third-order valence-corrected chi connectivity index (χ3v) is 2.38. The molecule has 1 heteroatoms. The first kappa shape index (κ1) is 12.3. The molecule has 0 spiro atoms. The van der Waals surface area contributed by atoms with Crippen LogP contribution in [-0.4, -0.2) is 0 Å². The van der Waals surface area contributed by atoms with E-state index in [1.54, 1.807) is 0 Å². The van der Waals surface area contributed by atoms with Crippen LogP contribution in [-0.2, 0) is 6.42 Å². The average Bonchev–Trinajstić information content (AvgIpc) is 2.28. The molecule has 0 saturated carbocycles. The minimum Gasteiger partial charge on any atom is -0.399 e. The van der Waals surface area contributed by atoms with Crippen molar-refractivity contribution in [3.8, 4) is 0 Å². The van der Waals surface area contributed by atoms with Crippen LogP contribution in [0.3, 0.4) is 0 Å². The lowest BCUT2D eigenvalue weighted by molar-refractivity contribution is 1.14. The van der Waals surface area contributed by atoms with Crippen molar-refractivity contribution in [2.75, 3.05) is 0 Å². The first-order valence-electron chi connectivity index (χ1n) is 5.55. The minimum atomic E-state index is 0.577. The number of nitrogens with two attached hydrogens (primary N) is 1. The molecule has 0 amide bonds. The highest BCUT2D eigenvalue weighted by atomic mass is 14.5. The first-order valence-corrected chi connectivity index (χ1v) is 5.55. The molecule has 0 fully saturated rings. The summed E-state index contributed by atoms with van der Waals surface area (Å²) < 4.78 is 0. The average molecular weight is 213 g/mol. The number of benzene rings is 1. The molecule has 0 aliphatic carbocycles. The molecule has 2 N–H and O–H groups in total. The molecule has 0 aliphatic rings. The summed E-state index contributed by atoms with van der Waals surface area (Å²) in [6, 6.07) is 8.53. The maximum Gasteiger partial charge on any atom is 0.0247 e. The monoisotopic (exact) mass is 213 g/mol. The fourth-order valence-corrected chi connectivity index (χ4v) is 1.54. The van der Waals surface area contributed by atoms with E-state index in [0.717, 1.165) is 12.0 Å². The van der Waals surface area contributed by atoms with Crippen LogP contribution in [0, 0.1) is 0 Å². The van der Waals surface area contributed by atoms with Gasteiger partial charge in [0.25, 0.3) is 0 Å². The molecule has 1 rings (SSSR count). The molecule has 1 nitrogen and oxygen atoms in total. The van der Waals surface area contributed by atoms with E-state index in [2.05, 4.69) is 37.8 Å². The molecular weight excluding hydrogens is 194 g/mol. The minimum absolute atomic E-state index is 0.577. The van der Waals surface area contributed by atoms with Crippen molar-refractivity contribution in [1.29, 1.82) is 0 Å². The summed E-state index contributed by atoms with van der Waals surface area (Å²) in [5.74, 6) is 0. The summed E-state index contributed by atoms with van der Waals surface area (Å²) in [6.07, 6.45) is 7.00. The van der Waals surface area contributed by atoms with Crippen LogP contribution < -0.4 is 5.73 Å². The van der Waals surface area contributed by atoms with Gasteiger partial charge in [0.15, 0.2) is 0 Å². The fraction of sp³-hybridized carbons (Fsp3) is 0.200. The van der Waals surface area contributed by atoms with Gasteiger partial charge in [0.1, 0.15) is 0 Å². The van der Waals surface area contributed by atoms with Gasteiger partial charge in [-0.3, -0.25) is 0 Å². The lowest BCUT2D eigenvalue weighted by atomic mass is 10.0. The fourth-order valence-electron chi connectivity index (χ4n) is 1.54. The number of allylic oxidation sites excluding steroid dienone is 4. The van der Waals surface area contributed by atoms with Gasteiger partial charge in [0.05, 0.1) is 0 Å². The van der Waals surface area contributed by atoms with Gasteiger partial charge in [-0.2, -0.15) is 0 Å². The second kappa shape index (κ2) is 5.96. The second-order valence-electron chi connectivity index (χ2n) is 3.73. The van der Waals surface area contributed by atoms with Gasteiger partial charge in [0, 0.05) is 5.70 Å².